The molecule has 0 spiro atoms. The van der Waals surface area contributed by atoms with Gasteiger partial charge in [-0.3, -0.25) is 14.4 Å². The van der Waals surface area contributed by atoms with Crippen molar-refractivity contribution in [2.24, 2.45) is 0 Å². The second-order valence-corrected chi connectivity index (χ2v) is 5.75. The molecule has 1 aromatic rings. The predicted octanol–water partition coefficient (Wildman–Crippen LogP) is 2.29. The monoisotopic (exact) mass is 279 g/mol. The predicted molar refractivity (Wildman–Crippen MR) is 77.6 cm³/mol. The average molecular weight is 279 g/mol. The highest BCUT2D eigenvalue weighted by Gasteiger charge is 2.41. The number of carbonyl (C=O) groups is 1. The third kappa shape index (κ3) is 2.73. The molecule has 1 saturated heterocycles. The Morgan fingerprint density at radius 2 is 2.20 bits per heavy atom. The molecule has 0 bridgehead atoms. The van der Waals surface area contributed by atoms with Crippen LogP contribution < -0.4 is 0 Å². The maximum Gasteiger partial charge on any atom is 0.323 e. The Labute approximate surface area is 120 Å². The van der Waals surface area contributed by atoms with E-state index in [-0.39, 0.29) is 0 Å². The molecule has 1 aliphatic rings. The van der Waals surface area contributed by atoms with E-state index in [0.29, 0.717) is 6.54 Å². The number of carboxylic acids is 1. The third-order valence-corrected chi connectivity index (χ3v) is 4.43. The van der Waals surface area contributed by atoms with Crippen molar-refractivity contribution in [2.45, 2.75) is 65.1 Å². The highest BCUT2D eigenvalue weighted by molar-refractivity contribution is 5.78. The number of rotatable bonds is 5. The van der Waals surface area contributed by atoms with Gasteiger partial charge in [0.2, 0.25) is 0 Å². The van der Waals surface area contributed by atoms with Crippen LogP contribution in [-0.2, 0) is 24.3 Å². The first-order chi connectivity index (χ1) is 9.51. The van der Waals surface area contributed by atoms with Gasteiger partial charge in [-0.15, -0.1) is 0 Å². The summed E-state index contributed by atoms with van der Waals surface area (Å²) in [6.45, 7) is 8.36. The van der Waals surface area contributed by atoms with Crippen molar-refractivity contribution >= 4 is 5.97 Å². The van der Waals surface area contributed by atoms with E-state index in [1.54, 1.807) is 0 Å². The molecule has 2 heterocycles. The van der Waals surface area contributed by atoms with Crippen LogP contribution in [0, 0.1) is 0 Å². The van der Waals surface area contributed by atoms with E-state index in [9.17, 15) is 9.90 Å². The number of aliphatic carboxylic acids is 1. The average Bonchev–Trinajstić information content (AvgIpc) is 2.83. The molecule has 1 atom stereocenters. The van der Waals surface area contributed by atoms with Crippen LogP contribution in [0.1, 0.15) is 51.4 Å². The number of nitrogens with zero attached hydrogens (tertiary/aromatic N) is 3. The van der Waals surface area contributed by atoms with E-state index in [2.05, 4.69) is 29.9 Å². The maximum absolute atomic E-state index is 11.6. The second-order valence-electron chi connectivity index (χ2n) is 5.75. The van der Waals surface area contributed by atoms with E-state index < -0.39 is 11.5 Å². The smallest absolute Gasteiger partial charge is 0.323 e. The van der Waals surface area contributed by atoms with Gasteiger partial charge in [0, 0.05) is 13.1 Å². The van der Waals surface area contributed by atoms with Gasteiger partial charge in [0.05, 0.1) is 11.4 Å². The van der Waals surface area contributed by atoms with Gasteiger partial charge in [0.25, 0.3) is 0 Å². The zero-order valence-corrected chi connectivity index (χ0v) is 12.7. The van der Waals surface area contributed by atoms with Crippen molar-refractivity contribution in [3.8, 4) is 0 Å². The van der Waals surface area contributed by atoms with Gasteiger partial charge in [0.15, 0.2) is 0 Å². The van der Waals surface area contributed by atoms with E-state index in [0.717, 1.165) is 50.2 Å². The first-order valence-corrected chi connectivity index (χ1v) is 7.55. The lowest BCUT2D eigenvalue weighted by molar-refractivity contribution is -0.153. The van der Waals surface area contributed by atoms with Gasteiger partial charge < -0.3 is 5.11 Å². The summed E-state index contributed by atoms with van der Waals surface area (Å²) in [4.78, 5) is 13.7. The molecule has 2 rings (SSSR count). The van der Waals surface area contributed by atoms with Gasteiger partial charge in [-0.05, 0) is 52.1 Å². The van der Waals surface area contributed by atoms with Crippen molar-refractivity contribution in [3.05, 3.63) is 17.5 Å². The molecule has 1 unspecified atom stereocenters. The molecular weight excluding hydrogens is 254 g/mol. The largest absolute Gasteiger partial charge is 0.480 e. The molecule has 1 fully saturated rings. The van der Waals surface area contributed by atoms with Gasteiger partial charge in [-0.1, -0.05) is 6.92 Å². The summed E-state index contributed by atoms with van der Waals surface area (Å²) in [6, 6.07) is 2.11. The standard InChI is InChI=1S/C15H25N3O2/c1-4-12-10-13(18(5-2)16-12)11-17-9-7-6-8-15(17,3)14(19)20/h10H,4-9,11H2,1-3H3,(H,19,20). The molecule has 5 heteroatoms. The molecule has 0 saturated carbocycles. The van der Waals surface area contributed by atoms with Crippen LogP contribution in [0.3, 0.4) is 0 Å². The molecule has 20 heavy (non-hydrogen) atoms. The SMILES string of the molecule is CCc1cc(CN2CCCCC2(C)C(=O)O)n(CC)n1. The number of hydrogen-bond donors (Lipinski definition) is 1. The zero-order valence-electron chi connectivity index (χ0n) is 12.7. The third-order valence-electron chi connectivity index (χ3n) is 4.43. The Balaban J connectivity index is 2.22. The van der Waals surface area contributed by atoms with Crippen molar-refractivity contribution in [2.75, 3.05) is 6.54 Å². The summed E-state index contributed by atoms with van der Waals surface area (Å²) in [7, 11) is 0. The molecule has 0 aromatic carbocycles. The van der Waals surface area contributed by atoms with Crippen LogP contribution in [-0.4, -0.2) is 37.8 Å². The Hall–Kier alpha value is -1.36. The summed E-state index contributed by atoms with van der Waals surface area (Å²) in [5.74, 6) is -0.713. The van der Waals surface area contributed by atoms with Crippen LogP contribution in [0.15, 0.2) is 6.07 Å². The number of piperidine rings is 1. The number of aryl methyl sites for hydroxylation is 2. The van der Waals surface area contributed by atoms with Crippen LogP contribution in [0.5, 0.6) is 0 Å². The fourth-order valence-electron chi connectivity index (χ4n) is 2.96. The summed E-state index contributed by atoms with van der Waals surface area (Å²) in [6.07, 6.45) is 3.70. The Bertz CT molecular complexity index is 483. The molecule has 5 nitrogen and oxygen atoms in total. The molecule has 0 aliphatic carbocycles. The summed E-state index contributed by atoms with van der Waals surface area (Å²) in [5, 5.41) is 14.1. The topological polar surface area (TPSA) is 58.4 Å². The summed E-state index contributed by atoms with van der Waals surface area (Å²) in [5.41, 5.74) is 1.46. The lowest BCUT2D eigenvalue weighted by atomic mass is 9.88. The minimum atomic E-state index is -0.743. The quantitative estimate of drug-likeness (QED) is 0.898. The first-order valence-electron chi connectivity index (χ1n) is 7.55. The first kappa shape index (κ1) is 15.0. The Kier molecular flexibility index (Phi) is 4.48. The van der Waals surface area contributed by atoms with Crippen molar-refractivity contribution < 1.29 is 9.90 Å². The lowest BCUT2D eigenvalue weighted by Gasteiger charge is -2.41. The molecule has 0 radical (unpaired) electrons. The minimum Gasteiger partial charge on any atom is -0.480 e. The van der Waals surface area contributed by atoms with E-state index in [4.69, 9.17) is 0 Å². The number of likely N-dealkylation sites (tertiary alicyclic amines) is 1. The van der Waals surface area contributed by atoms with Gasteiger partial charge in [-0.2, -0.15) is 5.10 Å². The van der Waals surface area contributed by atoms with Crippen LogP contribution >= 0.6 is 0 Å². The summed E-state index contributed by atoms with van der Waals surface area (Å²) >= 11 is 0. The molecule has 1 aromatic heterocycles. The Morgan fingerprint density at radius 1 is 1.45 bits per heavy atom. The Morgan fingerprint density at radius 3 is 2.80 bits per heavy atom. The van der Waals surface area contributed by atoms with E-state index >= 15 is 0 Å². The van der Waals surface area contributed by atoms with Crippen LogP contribution in [0.25, 0.3) is 0 Å². The van der Waals surface area contributed by atoms with E-state index in [1.165, 1.54) is 0 Å². The van der Waals surface area contributed by atoms with Crippen LogP contribution in [0.2, 0.25) is 0 Å². The fraction of sp³-hybridized carbons (Fsp3) is 0.733. The van der Waals surface area contributed by atoms with Crippen molar-refractivity contribution in [3.63, 3.8) is 0 Å². The van der Waals surface area contributed by atoms with Gasteiger partial charge in [0.1, 0.15) is 5.54 Å². The normalized spacial score (nSPS) is 23.9. The minimum absolute atomic E-state index is 0.670. The molecule has 0 amide bonds. The number of hydrogen-bond acceptors (Lipinski definition) is 3. The van der Waals surface area contributed by atoms with Gasteiger partial charge in [-0.25, -0.2) is 0 Å². The van der Waals surface area contributed by atoms with Crippen LogP contribution in [0.4, 0.5) is 0 Å². The molecular formula is C15H25N3O2. The summed E-state index contributed by atoms with van der Waals surface area (Å²) < 4.78 is 2.00. The second kappa shape index (κ2) is 5.95. The van der Waals surface area contributed by atoms with Crippen molar-refractivity contribution in [1.82, 2.24) is 14.7 Å². The van der Waals surface area contributed by atoms with E-state index in [1.807, 2.05) is 11.6 Å². The maximum atomic E-state index is 11.6. The van der Waals surface area contributed by atoms with Crippen molar-refractivity contribution in [1.29, 1.82) is 0 Å². The highest BCUT2D eigenvalue weighted by atomic mass is 16.4. The molecule has 1 aliphatic heterocycles. The highest BCUT2D eigenvalue weighted by Crippen LogP contribution is 2.29. The molecule has 1 N–H and O–H groups in total. The molecule has 112 valence electrons. The zero-order chi connectivity index (χ0) is 14.8. The lowest BCUT2D eigenvalue weighted by Crippen LogP contribution is -2.54. The fourth-order valence-corrected chi connectivity index (χ4v) is 2.96. The number of carboxylic acid groups (broad SMARTS) is 1. The number of aromatic nitrogens is 2. The van der Waals surface area contributed by atoms with Gasteiger partial charge >= 0.3 is 5.97 Å².